The minimum absolute atomic E-state index is 0.0482. The van der Waals surface area contributed by atoms with Crippen molar-refractivity contribution in [2.24, 2.45) is 11.1 Å². The molecule has 1 heterocycles. The van der Waals surface area contributed by atoms with Crippen LogP contribution in [0, 0.1) is 16.6 Å². The molecule has 1 atom stereocenters. The number of hydrogen-bond donors (Lipinski definition) is 1. The summed E-state index contributed by atoms with van der Waals surface area (Å²) in [5.74, 6) is 2.82. The van der Waals surface area contributed by atoms with Crippen LogP contribution in [0.25, 0.3) is 0 Å². The minimum atomic E-state index is 0.0482. The fourth-order valence-corrected chi connectivity index (χ4v) is 2.64. The number of nitrogens with zero attached hydrogens (tertiary/aromatic N) is 1. The zero-order valence-electron chi connectivity index (χ0n) is 9.90. The lowest BCUT2D eigenvalue weighted by Gasteiger charge is -2.31. The van der Waals surface area contributed by atoms with Gasteiger partial charge in [0.2, 0.25) is 0 Å². The number of benzene rings is 1. The van der Waals surface area contributed by atoms with Gasteiger partial charge in [-0.1, -0.05) is 43.6 Å². The van der Waals surface area contributed by atoms with Crippen LogP contribution < -0.4 is 11.2 Å². The molecule has 1 aliphatic heterocycles. The lowest BCUT2D eigenvalue weighted by atomic mass is 9.46. The van der Waals surface area contributed by atoms with E-state index in [0.717, 1.165) is 6.32 Å². The van der Waals surface area contributed by atoms with E-state index in [1.54, 1.807) is 0 Å². The fourth-order valence-electron chi connectivity index (χ4n) is 2.64. The largest absolute Gasteiger partial charge is 0.330 e. The van der Waals surface area contributed by atoms with Crippen LogP contribution in [0.5, 0.6) is 0 Å². The van der Waals surface area contributed by atoms with E-state index in [-0.39, 0.29) is 12.1 Å². The molecule has 0 saturated carbocycles. The summed E-state index contributed by atoms with van der Waals surface area (Å²) >= 11 is 0. The van der Waals surface area contributed by atoms with Gasteiger partial charge in [0.05, 0.1) is 0 Å². The smallest absolute Gasteiger partial charge is 0.301 e. The third-order valence-corrected chi connectivity index (χ3v) is 3.84. The van der Waals surface area contributed by atoms with Crippen molar-refractivity contribution in [1.82, 2.24) is 0 Å². The normalized spacial score (nSPS) is 19.4. The Morgan fingerprint density at radius 1 is 1.50 bits per heavy atom. The maximum atomic E-state index is 9.19. The average Bonchev–Trinajstić information content (AvgIpc) is 2.68. The molecule has 0 fully saturated rings. The Balaban J connectivity index is 2.45. The topological polar surface area (TPSA) is 49.8 Å². The highest BCUT2D eigenvalue weighted by Gasteiger charge is 2.41. The molecule has 16 heavy (non-hydrogen) atoms. The Bertz CT molecular complexity index is 434. The number of nitrogens with two attached hydrogens (primary N) is 1. The van der Waals surface area contributed by atoms with Crippen molar-refractivity contribution in [1.29, 1.82) is 5.26 Å². The van der Waals surface area contributed by atoms with Gasteiger partial charge in [-0.15, -0.1) is 0 Å². The van der Waals surface area contributed by atoms with E-state index < -0.39 is 0 Å². The molecule has 3 heteroatoms. The monoisotopic (exact) mass is 212 g/mol. The molecule has 0 aliphatic carbocycles. The van der Waals surface area contributed by atoms with Crippen LogP contribution in [0.3, 0.4) is 0 Å². The zero-order chi connectivity index (χ0) is 11.8. The van der Waals surface area contributed by atoms with Gasteiger partial charge in [-0.05, 0) is 29.8 Å². The van der Waals surface area contributed by atoms with Crippen molar-refractivity contribution in [3.63, 3.8) is 0 Å². The summed E-state index contributed by atoms with van der Waals surface area (Å²) in [5.41, 5.74) is 8.45. The van der Waals surface area contributed by atoms with Crippen LogP contribution in [0.4, 0.5) is 0 Å². The Kier molecular flexibility index (Phi) is 2.77. The van der Waals surface area contributed by atoms with Gasteiger partial charge >= 0.3 is 6.71 Å². The summed E-state index contributed by atoms with van der Waals surface area (Å²) in [6.45, 7) is 5.08. The van der Waals surface area contributed by atoms with Gasteiger partial charge in [0, 0.05) is 5.97 Å². The van der Waals surface area contributed by atoms with Crippen molar-refractivity contribution >= 4 is 12.2 Å². The second kappa shape index (κ2) is 3.95. The molecule has 0 bridgehead atoms. The first-order chi connectivity index (χ1) is 7.60. The SMILES string of the molecule is CC(C)(CN)C1CB(C#N)c2ccccc21. The van der Waals surface area contributed by atoms with Crippen molar-refractivity contribution in [2.75, 3.05) is 6.54 Å². The third-order valence-electron chi connectivity index (χ3n) is 3.84. The lowest BCUT2D eigenvalue weighted by molar-refractivity contribution is 0.316. The van der Waals surface area contributed by atoms with E-state index in [4.69, 9.17) is 5.73 Å². The van der Waals surface area contributed by atoms with E-state index in [1.807, 2.05) is 6.07 Å². The number of nitriles is 1. The summed E-state index contributed by atoms with van der Waals surface area (Å²) in [4.78, 5) is 0. The van der Waals surface area contributed by atoms with Crippen LogP contribution in [-0.4, -0.2) is 13.3 Å². The molecular weight excluding hydrogens is 195 g/mol. The highest BCUT2D eigenvalue weighted by molar-refractivity contribution is 6.81. The minimum Gasteiger partial charge on any atom is -0.330 e. The second-order valence-corrected chi connectivity index (χ2v) is 5.29. The molecule has 2 nitrogen and oxygen atoms in total. The first-order valence-corrected chi connectivity index (χ1v) is 5.78. The number of hydrogen-bond acceptors (Lipinski definition) is 2. The van der Waals surface area contributed by atoms with Gasteiger partial charge in [-0.25, -0.2) is 5.26 Å². The quantitative estimate of drug-likeness (QED) is 0.755. The Hall–Kier alpha value is -1.27. The number of fused-ring (bicyclic) bond motifs is 1. The van der Waals surface area contributed by atoms with E-state index in [2.05, 4.69) is 38.0 Å². The molecule has 1 unspecified atom stereocenters. The maximum Gasteiger partial charge on any atom is 0.301 e. The number of rotatable bonds is 2. The van der Waals surface area contributed by atoms with Gasteiger partial charge in [-0.3, -0.25) is 0 Å². The lowest BCUT2D eigenvalue weighted by Crippen LogP contribution is -2.30. The molecule has 2 rings (SSSR count). The summed E-state index contributed by atoms with van der Waals surface area (Å²) in [7, 11) is 0. The molecule has 82 valence electrons. The summed E-state index contributed by atoms with van der Waals surface area (Å²) in [6.07, 6.45) is 0.917. The molecule has 0 aromatic heterocycles. The van der Waals surface area contributed by atoms with Crippen molar-refractivity contribution in [2.45, 2.75) is 26.1 Å². The standard InChI is InChI=1S/C13H17BN2/c1-13(2,8-15)11-7-14(9-16)12-6-4-3-5-10(11)12/h3-6,11H,7-8,15H2,1-2H3. The summed E-state index contributed by atoms with van der Waals surface area (Å²) in [5, 5.41) is 9.19. The van der Waals surface area contributed by atoms with Crippen LogP contribution in [0.15, 0.2) is 24.3 Å². The predicted octanol–water partition coefficient (Wildman–Crippen LogP) is 1.53. The van der Waals surface area contributed by atoms with E-state index in [0.29, 0.717) is 12.5 Å². The van der Waals surface area contributed by atoms with Crippen molar-refractivity contribution in [3.05, 3.63) is 29.8 Å². The van der Waals surface area contributed by atoms with Crippen LogP contribution in [0.2, 0.25) is 6.32 Å². The Morgan fingerprint density at radius 3 is 2.81 bits per heavy atom. The molecule has 1 aromatic rings. The molecule has 2 N–H and O–H groups in total. The van der Waals surface area contributed by atoms with E-state index in [1.165, 1.54) is 11.0 Å². The first kappa shape index (κ1) is 11.2. The molecule has 0 radical (unpaired) electrons. The highest BCUT2D eigenvalue weighted by Crippen LogP contribution is 2.41. The van der Waals surface area contributed by atoms with Gasteiger partial charge in [-0.2, -0.15) is 0 Å². The van der Waals surface area contributed by atoms with Gasteiger partial charge in [0.15, 0.2) is 0 Å². The van der Waals surface area contributed by atoms with E-state index in [9.17, 15) is 5.26 Å². The molecule has 1 aliphatic rings. The average molecular weight is 212 g/mol. The maximum absolute atomic E-state index is 9.19. The third kappa shape index (κ3) is 1.64. The van der Waals surface area contributed by atoms with E-state index >= 15 is 0 Å². The summed E-state index contributed by atoms with van der Waals surface area (Å²) in [6, 6.07) is 8.30. The molecule has 0 saturated heterocycles. The van der Waals surface area contributed by atoms with Gasteiger partial charge in [0.25, 0.3) is 0 Å². The molecule has 0 spiro atoms. The zero-order valence-corrected chi connectivity index (χ0v) is 9.90. The van der Waals surface area contributed by atoms with Crippen LogP contribution in [0.1, 0.15) is 25.3 Å². The Morgan fingerprint density at radius 2 is 2.19 bits per heavy atom. The molecule has 0 amide bonds. The van der Waals surface area contributed by atoms with Crippen molar-refractivity contribution < 1.29 is 0 Å². The highest BCUT2D eigenvalue weighted by atomic mass is 14.6. The fraction of sp³-hybridized carbons (Fsp3) is 0.462. The van der Waals surface area contributed by atoms with Crippen LogP contribution in [-0.2, 0) is 0 Å². The molecule has 1 aromatic carbocycles. The van der Waals surface area contributed by atoms with Gasteiger partial charge < -0.3 is 5.73 Å². The van der Waals surface area contributed by atoms with Gasteiger partial charge in [0.1, 0.15) is 0 Å². The Labute approximate surface area is 97.5 Å². The molecular formula is C13H17BN2. The van der Waals surface area contributed by atoms with Crippen molar-refractivity contribution in [3.8, 4) is 5.97 Å². The first-order valence-electron chi connectivity index (χ1n) is 5.78. The van der Waals surface area contributed by atoms with Crippen LogP contribution >= 0.6 is 0 Å². The second-order valence-electron chi connectivity index (χ2n) is 5.29. The summed E-state index contributed by atoms with van der Waals surface area (Å²) < 4.78 is 0. The predicted molar refractivity (Wildman–Crippen MR) is 67.8 cm³/mol.